The van der Waals surface area contributed by atoms with Crippen molar-refractivity contribution >= 4 is 22.7 Å². The molecule has 4 N–H and O–H groups in total. The molecule has 0 saturated heterocycles. The molecule has 0 spiro atoms. The minimum absolute atomic E-state index is 0.145. The van der Waals surface area contributed by atoms with Gasteiger partial charge in [0.1, 0.15) is 24.8 Å². The number of anilines is 2. The van der Waals surface area contributed by atoms with Crippen molar-refractivity contribution in [3.8, 4) is 28.4 Å². The van der Waals surface area contributed by atoms with Crippen molar-refractivity contribution in [2.45, 2.75) is 12.8 Å². The first kappa shape index (κ1) is 15.1. The van der Waals surface area contributed by atoms with Crippen LogP contribution in [0.5, 0.6) is 17.2 Å². The van der Waals surface area contributed by atoms with Gasteiger partial charge in [0.05, 0.1) is 17.5 Å². The lowest BCUT2D eigenvalue weighted by Gasteiger charge is -2.25. The quantitative estimate of drug-likeness (QED) is 0.695. The summed E-state index contributed by atoms with van der Waals surface area (Å²) in [5.74, 6) is 2.73. The molecule has 0 bridgehead atoms. The van der Waals surface area contributed by atoms with Gasteiger partial charge in [-0.25, -0.2) is 4.98 Å². The normalized spacial score (nSPS) is 15.4. The largest absolute Gasteiger partial charge is 0.492 e. The molecular weight excluding hydrogens is 332 g/mol. The number of para-hydroxylation sites is 1. The Labute approximate surface area is 149 Å². The lowest BCUT2D eigenvalue weighted by Crippen LogP contribution is -2.16. The summed E-state index contributed by atoms with van der Waals surface area (Å²) in [4.78, 5) is 8.48. The van der Waals surface area contributed by atoms with Gasteiger partial charge in [0.2, 0.25) is 5.95 Å². The zero-order valence-corrected chi connectivity index (χ0v) is 14.1. The van der Waals surface area contributed by atoms with Crippen LogP contribution in [0.3, 0.4) is 0 Å². The topological polar surface area (TPSA) is 106 Å². The maximum Gasteiger partial charge on any atom is 0.222 e. The Kier molecular flexibility index (Phi) is 3.28. The van der Waals surface area contributed by atoms with Crippen LogP contribution in [0.2, 0.25) is 0 Å². The van der Waals surface area contributed by atoms with Gasteiger partial charge in [-0.3, -0.25) is 0 Å². The van der Waals surface area contributed by atoms with Gasteiger partial charge in [0.25, 0.3) is 0 Å². The van der Waals surface area contributed by atoms with Gasteiger partial charge in [-0.15, -0.1) is 0 Å². The van der Waals surface area contributed by atoms with Crippen LogP contribution in [-0.4, -0.2) is 29.8 Å². The number of fused-ring (bicyclic) bond motifs is 4. The van der Waals surface area contributed by atoms with Crippen LogP contribution in [0.25, 0.3) is 22.0 Å². The molecule has 3 heterocycles. The molecule has 2 aliphatic heterocycles. The van der Waals surface area contributed by atoms with E-state index in [0.717, 1.165) is 52.2 Å². The Balaban J connectivity index is 1.84. The van der Waals surface area contributed by atoms with E-state index in [1.807, 2.05) is 24.3 Å². The summed E-state index contributed by atoms with van der Waals surface area (Å²) in [5, 5.41) is 0.722. The summed E-state index contributed by atoms with van der Waals surface area (Å²) in [6.07, 6.45) is 1.82. The highest BCUT2D eigenvalue weighted by Gasteiger charge is 2.25. The van der Waals surface area contributed by atoms with E-state index in [2.05, 4.69) is 9.97 Å². The predicted octanol–water partition coefficient (Wildman–Crippen LogP) is 2.56. The first-order valence-electron chi connectivity index (χ1n) is 8.63. The van der Waals surface area contributed by atoms with E-state index in [-0.39, 0.29) is 5.95 Å². The molecule has 2 aromatic carbocycles. The van der Waals surface area contributed by atoms with E-state index in [1.54, 1.807) is 0 Å². The number of ether oxygens (including phenoxy) is 3. The van der Waals surface area contributed by atoms with Crippen molar-refractivity contribution < 1.29 is 14.2 Å². The molecule has 7 heteroatoms. The SMILES string of the molecule is Nc1nc(N)c2c3c(c(-c4cccc5c4OCCO5)cc2n1)CCCO3. The van der Waals surface area contributed by atoms with Gasteiger partial charge in [-0.05, 0) is 30.5 Å². The number of nitrogens with two attached hydrogens (primary N) is 2. The standard InChI is InChI=1S/C19H18N4O3/c20-18-15-13(22-19(21)23-18)9-12(11-4-2-6-25-17(11)15)10-3-1-5-14-16(10)26-8-7-24-14/h1,3,5,9H,2,4,6-8H2,(H4,20,21,22,23). The third kappa shape index (κ3) is 2.20. The highest BCUT2D eigenvalue weighted by atomic mass is 16.6. The lowest BCUT2D eigenvalue weighted by molar-refractivity contribution is 0.172. The van der Waals surface area contributed by atoms with Crippen molar-refractivity contribution in [1.29, 1.82) is 0 Å². The van der Waals surface area contributed by atoms with Gasteiger partial charge in [-0.1, -0.05) is 12.1 Å². The maximum atomic E-state index is 6.12. The minimum atomic E-state index is 0.145. The van der Waals surface area contributed by atoms with Crippen LogP contribution in [0.4, 0.5) is 11.8 Å². The number of rotatable bonds is 1. The van der Waals surface area contributed by atoms with Crippen LogP contribution in [0.1, 0.15) is 12.0 Å². The second kappa shape index (κ2) is 5.66. The molecule has 0 fully saturated rings. The summed E-state index contributed by atoms with van der Waals surface area (Å²) in [7, 11) is 0. The van der Waals surface area contributed by atoms with Crippen LogP contribution >= 0.6 is 0 Å². The van der Waals surface area contributed by atoms with E-state index < -0.39 is 0 Å². The third-order valence-corrected chi connectivity index (χ3v) is 4.76. The molecule has 1 aromatic heterocycles. The van der Waals surface area contributed by atoms with Crippen molar-refractivity contribution in [3.63, 3.8) is 0 Å². The Morgan fingerprint density at radius 1 is 0.885 bits per heavy atom. The van der Waals surface area contributed by atoms with E-state index >= 15 is 0 Å². The molecule has 132 valence electrons. The average molecular weight is 350 g/mol. The zero-order valence-electron chi connectivity index (χ0n) is 14.1. The zero-order chi connectivity index (χ0) is 17.7. The fraction of sp³-hybridized carbons (Fsp3) is 0.263. The maximum absolute atomic E-state index is 6.12. The first-order chi connectivity index (χ1) is 12.7. The molecular formula is C19H18N4O3. The van der Waals surface area contributed by atoms with E-state index in [9.17, 15) is 0 Å². The second-order valence-electron chi connectivity index (χ2n) is 6.37. The third-order valence-electron chi connectivity index (χ3n) is 4.76. The fourth-order valence-corrected chi connectivity index (χ4v) is 3.71. The number of benzene rings is 2. The molecule has 26 heavy (non-hydrogen) atoms. The summed E-state index contributed by atoms with van der Waals surface area (Å²) < 4.78 is 17.6. The van der Waals surface area contributed by atoms with Crippen molar-refractivity contribution in [3.05, 3.63) is 29.8 Å². The first-order valence-corrected chi connectivity index (χ1v) is 8.63. The van der Waals surface area contributed by atoms with Crippen LogP contribution in [0.15, 0.2) is 24.3 Å². The Bertz CT molecular complexity index is 1040. The van der Waals surface area contributed by atoms with Crippen molar-refractivity contribution in [2.75, 3.05) is 31.3 Å². The van der Waals surface area contributed by atoms with Crippen LogP contribution < -0.4 is 25.7 Å². The van der Waals surface area contributed by atoms with Gasteiger partial charge < -0.3 is 25.7 Å². The molecule has 0 amide bonds. The summed E-state index contributed by atoms with van der Waals surface area (Å²) in [5.41, 5.74) is 15.7. The van der Waals surface area contributed by atoms with Crippen LogP contribution in [-0.2, 0) is 6.42 Å². The minimum Gasteiger partial charge on any atom is -0.492 e. The van der Waals surface area contributed by atoms with Gasteiger partial charge in [-0.2, -0.15) is 4.98 Å². The van der Waals surface area contributed by atoms with Gasteiger partial charge in [0.15, 0.2) is 11.5 Å². The molecule has 5 rings (SSSR count). The monoisotopic (exact) mass is 350 g/mol. The highest BCUT2D eigenvalue weighted by molar-refractivity contribution is 6.00. The molecule has 0 saturated carbocycles. The smallest absolute Gasteiger partial charge is 0.222 e. The van der Waals surface area contributed by atoms with Crippen molar-refractivity contribution in [1.82, 2.24) is 9.97 Å². The fourth-order valence-electron chi connectivity index (χ4n) is 3.71. The molecule has 0 radical (unpaired) electrons. The van der Waals surface area contributed by atoms with E-state index in [4.69, 9.17) is 25.7 Å². The number of nitrogen functional groups attached to an aromatic ring is 2. The number of nitrogens with zero attached hydrogens (tertiary/aromatic N) is 2. The molecule has 3 aromatic rings. The number of hydrogen-bond donors (Lipinski definition) is 2. The van der Waals surface area contributed by atoms with E-state index in [1.165, 1.54) is 0 Å². The highest BCUT2D eigenvalue weighted by Crippen LogP contribution is 2.47. The Hall–Kier alpha value is -3.22. The summed E-state index contributed by atoms with van der Waals surface area (Å²) in [6, 6.07) is 7.90. The number of hydrogen-bond acceptors (Lipinski definition) is 7. The van der Waals surface area contributed by atoms with Gasteiger partial charge in [0, 0.05) is 11.1 Å². The Morgan fingerprint density at radius 2 is 1.73 bits per heavy atom. The summed E-state index contributed by atoms with van der Waals surface area (Å²) in [6.45, 7) is 1.72. The molecule has 0 atom stereocenters. The Morgan fingerprint density at radius 3 is 2.65 bits per heavy atom. The lowest BCUT2D eigenvalue weighted by atomic mass is 9.91. The molecule has 0 unspecified atom stereocenters. The molecule has 7 nitrogen and oxygen atoms in total. The van der Waals surface area contributed by atoms with E-state index in [0.29, 0.717) is 31.2 Å². The second-order valence-corrected chi connectivity index (χ2v) is 6.37. The summed E-state index contributed by atoms with van der Waals surface area (Å²) >= 11 is 0. The average Bonchev–Trinajstić information content (AvgIpc) is 2.66. The molecule has 2 aliphatic rings. The van der Waals surface area contributed by atoms with Gasteiger partial charge >= 0.3 is 0 Å². The number of aromatic nitrogens is 2. The van der Waals surface area contributed by atoms with Crippen LogP contribution in [0, 0.1) is 0 Å². The molecule has 0 aliphatic carbocycles. The predicted molar refractivity (Wildman–Crippen MR) is 98.6 cm³/mol. The van der Waals surface area contributed by atoms with Crippen molar-refractivity contribution in [2.24, 2.45) is 0 Å².